The van der Waals surface area contributed by atoms with E-state index in [4.69, 9.17) is 11.5 Å². The number of carbonyl (C=O) groups excluding carboxylic acids is 6. The Kier molecular flexibility index (Phi) is 14.6. The lowest BCUT2D eigenvalue weighted by Gasteiger charge is -2.28. The van der Waals surface area contributed by atoms with E-state index in [0.717, 1.165) is 16.5 Å². The molecular weight excluding hydrogens is 736 g/mol. The van der Waals surface area contributed by atoms with Crippen LogP contribution in [0.2, 0.25) is 0 Å². The van der Waals surface area contributed by atoms with Gasteiger partial charge in [-0.2, -0.15) is 0 Å². The summed E-state index contributed by atoms with van der Waals surface area (Å²) in [5.41, 5.74) is 13.2. The highest BCUT2D eigenvalue weighted by Crippen LogP contribution is 2.22. The zero-order valence-electron chi connectivity index (χ0n) is 31.5. The molecule has 6 amide bonds. The zero-order chi connectivity index (χ0) is 40.9. The summed E-state index contributed by atoms with van der Waals surface area (Å²) in [4.78, 5) is 103. The van der Waals surface area contributed by atoms with Crippen molar-refractivity contribution in [2.24, 2.45) is 16.5 Å². The molecule has 2 fully saturated rings. The van der Waals surface area contributed by atoms with E-state index in [2.05, 4.69) is 36.6 Å². The Morgan fingerprint density at radius 2 is 1.40 bits per heavy atom. The molecule has 3 heterocycles. The Balaban J connectivity index is 1.51. The summed E-state index contributed by atoms with van der Waals surface area (Å²) in [6.07, 6.45) is 1.96. The van der Waals surface area contributed by atoms with Crippen LogP contribution >= 0.6 is 0 Å². The smallest absolute Gasteiger partial charge is 0.303 e. The quantitative estimate of drug-likeness (QED) is 0.0671. The van der Waals surface area contributed by atoms with E-state index in [-0.39, 0.29) is 64.1 Å². The number of carbonyl (C=O) groups is 7. The van der Waals surface area contributed by atoms with E-state index >= 15 is 0 Å². The molecule has 1 aromatic heterocycles. The van der Waals surface area contributed by atoms with Crippen molar-refractivity contribution in [3.63, 3.8) is 0 Å². The standard InChI is InChI=1S/C39H50N10O8/c40-39(41)43-17-6-12-27-35(54)46-28(14-15-33(51)52)34(53)42-18-16-32(50)49-19-7-13-31(49)38(57)48-30(21-24-22-44-26-11-5-4-10-25(24)26)37(56)47-29(36(55)45-27)20-23-8-2-1-3-9-23/h1-5,8-11,22,27-31,44H,6-7,12-21H2,(H,42,53)(H,45,55)(H,46,54)(H,47,56)(H,48,57)(H,51,52)(H4,40,41,43)/t27-,28-,29-,30-,31-/m0/s1. The van der Waals surface area contributed by atoms with E-state index in [1.165, 1.54) is 4.90 Å². The largest absolute Gasteiger partial charge is 0.481 e. The summed E-state index contributed by atoms with van der Waals surface area (Å²) in [5.74, 6) is -5.25. The normalized spacial score (nSPS) is 22.8. The minimum Gasteiger partial charge on any atom is -0.481 e. The molecule has 18 heteroatoms. The van der Waals surface area contributed by atoms with Crippen LogP contribution in [-0.4, -0.2) is 112 Å². The van der Waals surface area contributed by atoms with Gasteiger partial charge in [0.25, 0.3) is 0 Å². The van der Waals surface area contributed by atoms with Crippen molar-refractivity contribution in [2.75, 3.05) is 19.6 Å². The fourth-order valence-electron chi connectivity index (χ4n) is 7.08. The number of aliphatic imine (C=N–C) groups is 1. The van der Waals surface area contributed by atoms with E-state index in [9.17, 15) is 38.7 Å². The average Bonchev–Trinajstić information content (AvgIpc) is 3.85. The highest BCUT2D eigenvalue weighted by molar-refractivity contribution is 5.97. The summed E-state index contributed by atoms with van der Waals surface area (Å²) in [5, 5.41) is 23.8. The third-order valence-corrected chi connectivity index (χ3v) is 10.0. The van der Waals surface area contributed by atoms with Crippen LogP contribution < -0.4 is 38.1 Å². The summed E-state index contributed by atoms with van der Waals surface area (Å²) >= 11 is 0. The van der Waals surface area contributed by atoms with Gasteiger partial charge >= 0.3 is 5.97 Å². The van der Waals surface area contributed by atoms with Crippen LogP contribution in [0.4, 0.5) is 0 Å². The molecule has 5 rings (SSSR count). The Labute approximate surface area is 329 Å². The number of hydrogen-bond donors (Lipinski definition) is 9. The van der Waals surface area contributed by atoms with Gasteiger partial charge in [0.1, 0.15) is 30.2 Å². The van der Waals surface area contributed by atoms with Gasteiger partial charge in [0.15, 0.2) is 5.96 Å². The van der Waals surface area contributed by atoms with Crippen molar-refractivity contribution in [3.05, 3.63) is 71.9 Å². The Morgan fingerprint density at radius 1 is 0.772 bits per heavy atom. The molecule has 2 aromatic carbocycles. The predicted octanol–water partition coefficient (Wildman–Crippen LogP) is -0.678. The lowest BCUT2D eigenvalue weighted by molar-refractivity contribution is -0.139. The van der Waals surface area contributed by atoms with Crippen LogP contribution in [0.25, 0.3) is 10.9 Å². The maximum absolute atomic E-state index is 14.4. The molecule has 0 bridgehead atoms. The summed E-state index contributed by atoms with van der Waals surface area (Å²) in [6.45, 7) is 0.231. The number of nitrogens with two attached hydrogens (primary N) is 2. The number of aromatic amines is 1. The number of hydrogen-bond acceptors (Lipinski definition) is 8. The van der Waals surface area contributed by atoms with Crippen LogP contribution in [0.3, 0.4) is 0 Å². The minimum atomic E-state index is -1.33. The number of H-pyrrole nitrogens is 1. The molecular formula is C39H50N10O8. The second-order valence-corrected chi connectivity index (χ2v) is 14.2. The number of aliphatic carboxylic acids is 1. The van der Waals surface area contributed by atoms with Gasteiger partial charge < -0.3 is 53.0 Å². The number of nitrogens with one attached hydrogen (secondary N) is 6. The molecule has 0 aliphatic carbocycles. The maximum Gasteiger partial charge on any atom is 0.303 e. The van der Waals surface area contributed by atoms with Gasteiger partial charge in [-0.15, -0.1) is 0 Å². The highest BCUT2D eigenvalue weighted by Gasteiger charge is 2.37. The lowest BCUT2D eigenvalue weighted by atomic mass is 10.0. The average molecular weight is 787 g/mol. The molecule has 5 atom stereocenters. The van der Waals surface area contributed by atoms with Gasteiger partial charge in [0, 0.05) is 62.4 Å². The highest BCUT2D eigenvalue weighted by atomic mass is 16.4. The molecule has 57 heavy (non-hydrogen) atoms. The van der Waals surface area contributed by atoms with E-state index < -0.39 is 78.0 Å². The zero-order valence-corrected chi connectivity index (χ0v) is 31.5. The molecule has 3 aromatic rings. The number of fused-ring (bicyclic) bond motifs is 2. The number of guanidine groups is 1. The second-order valence-electron chi connectivity index (χ2n) is 14.2. The van der Waals surface area contributed by atoms with Gasteiger partial charge in [-0.25, -0.2) is 0 Å². The molecule has 0 spiro atoms. The molecule has 2 aliphatic heterocycles. The number of aromatic nitrogens is 1. The van der Waals surface area contributed by atoms with E-state index in [1.54, 1.807) is 36.5 Å². The van der Waals surface area contributed by atoms with Gasteiger partial charge in [0.2, 0.25) is 35.4 Å². The lowest BCUT2D eigenvalue weighted by Crippen LogP contribution is -2.59. The number of benzene rings is 2. The first-order valence-corrected chi connectivity index (χ1v) is 19.0. The second kappa shape index (κ2) is 19.9. The Hall–Kier alpha value is -6.46. The van der Waals surface area contributed by atoms with Crippen LogP contribution in [-0.2, 0) is 46.4 Å². The maximum atomic E-state index is 14.4. The SMILES string of the molecule is NC(N)=NCCC[C@@H]1NC(=O)[C@H](Cc2ccccc2)NC(=O)[C@H](Cc2c[nH]c3ccccc23)NC(=O)[C@@H]2CCCN2C(=O)CCNC(=O)[C@H](CCC(=O)O)NC1=O. The van der Waals surface area contributed by atoms with Crippen LogP contribution in [0.15, 0.2) is 65.8 Å². The number of carboxylic acids is 1. The van der Waals surface area contributed by atoms with Crippen LogP contribution in [0.1, 0.15) is 56.1 Å². The van der Waals surface area contributed by atoms with Crippen molar-refractivity contribution < 1.29 is 38.7 Å². The van der Waals surface area contributed by atoms with E-state index in [0.29, 0.717) is 18.4 Å². The Morgan fingerprint density at radius 3 is 2.12 bits per heavy atom. The molecule has 304 valence electrons. The van der Waals surface area contributed by atoms with Crippen LogP contribution in [0.5, 0.6) is 0 Å². The number of amides is 6. The third-order valence-electron chi connectivity index (χ3n) is 10.0. The van der Waals surface area contributed by atoms with Crippen molar-refractivity contribution in [1.29, 1.82) is 0 Å². The summed E-state index contributed by atoms with van der Waals surface area (Å²) < 4.78 is 0. The first-order chi connectivity index (χ1) is 27.4. The molecule has 18 nitrogen and oxygen atoms in total. The fourth-order valence-corrected chi connectivity index (χ4v) is 7.08. The number of rotatable bonds is 11. The molecule has 11 N–H and O–H groups in total. The third kappa shape index (κ3) is 11.8. The molecule has 0 saturated carbocycles. The molecule has 0 unspecified atom stereocenters. The first-order valence-electron chi connectivity index (χ1n) is 19.0. The molecule has 0 radical (unpaired) electrons. The minimum absolute atomic E-state index is 0.00139. The molecule has 2 saturated heterocycles. The number of nitrogens with zero attached hydrogens (tertiary/aromatic N) is 2. The monoisotopic (exact) mass is 786 g/mol. The topological polar surface area (TPSA) is 283 Å². The molecule has 2 aliphatic rings. The van der Waals surface area contributed by atoms with Crippen molar-refractivity contribution in [3.8, 4) is 0 Å². The van der Waals surface area contributed by atoms with Crippen LogP contribution in [0, 0.1) is 0 Å². The summed E-state index contributed by atoms with van der Waals surface area (Å²) in [6, 6.07) is 10.4. The number of carboxylic acid groups (broad SMARTS) is 1. The Bertz CT molecular complexity index is 1960. The van der Waals surface area contributed by atoms with Gasteiger partial charge in [-0.3, -0.25) is 38.6 Å². The first kappa shape index (κ1) is 41.7. The summed E-state index contributed by atoms with van der Waals surface area (Å²) in [7, 11) is 0. The number of para-hydroxylation sites is 1. The van der Waals surface area contributed by atoms with Gasteiger partial charge in [-0.05, 0) is 49.3 Å². The van der Waals surface area contributed by atoms with Crippen molar-refractivity contribution in [2.45, 2.75) is 88.0 Å². The fraction of sp³-hybridized carbons (Fsp3) is 0.436. The van der Waals surface area contributed by atoms with Gasteiger partial charge in [0.05, 0.1) is 0 Å². The predicted molar refractivity (Wildman–Crippen MR) is 209 cm³/mol. The van der Waals surface area contributed by atoms with Crippen molar-refractivity contribution >= 4 is 58.3 Å². The van der Waals surface area contributed by atoms with Crippen molar-refractivity contribution in [1.82, 2.24) is 36.5 Å². The van der Waals surface area contributed by atoms with Gasteiger partial charge in [-0.1, -0.05) is 48.5 Å². The van der Waals surface area contributed by atoms with E-state index in [1.807, 2.05) is 24.3 Å².